The Morgan fingerprint density at radius 3 is 2.77 bits per heavy atom. The first kappa shape index (κ1) is 22.2. The van der Waals surface area contributed by atoms with Crippen LogP contribution in [-0.4, -0.2) is 48.1 Å². The molecule has 1 heterocycles. The average Bonchev–Trinajstić information content (AvgIpc) is 3.41. The summed E-state index contributed by atoms with van der Waals surface area (Å²) in [5, 5.41) is 11.0. The van der Waals surface area contributed by atoms with Crippen LogP contribution in [0.3, 0.4) is 0 Å². The van der Waals surface area contributed by atoms with Crippen LogP contribution in [0, 0.1) is 5.92 Å². The molecule has 0 spiro atoms. The second-order valence-electron chi connectivity index (χ2n) is 7.97. The molecule has 3 rings (SSSR count). The van der Waals surface area contributed by atoms with Crippen molar-refractivity contribution in [3.63, 3.8) is 0 Å². The zero-order chi connectivity index (χ0) is 21.0. The molecule has 164 valence electrons. The number of nitrogens with zero attached hydrogens (tertiary/aromatic N) is 3. The van der Waals surface area contributed by atoms with E-state index < -0.39 is 0 Å². The van der Waals surface area contributed by atoms with Crippen LogP contribution in [0.15, 0.2) is 47.7 Å². The SMILES string of the molecule is CC(C)Oc1ccc(NC(=NCCCn2cccn2)NCCCOCC2CC2)cc1. The van der Waals surface area contributed by atoms with Crippen LogP contribution in [0.4, 0.5) is 5.69 Å². The summed E-state index contributed by atoms with van der Waals surface area (Å²) in [6.45, 7) is 8.16. The zero-order valence-corrected chi connectivity index (χ0v) is 18.2. The molecular weight excluding hydrogens is 378 g/mol. The zero-order valence-electron chi connectivity index (χ0n) is 18.2. The van der Waals surface area contributed by atoms with E-state index in [9.17, 15) is 0 Å². The Balaban J connectivity index is 1.45. The number of aliphatic imine (C=N–C) groups is 1. The molecule has 2 aromatic rings. The van der Waals surface area contributed by atoms with Gasteiger partial charge < -0.3 is 20.1 Å². The van der Waals surface area contributed by atoms with Gasteiger partial charge in [0.25, 0.3) is 0 Å². The van der Waals surface area contributed by atoms with Crippen LogP contribution in [0.1, 0.15) is 39.5 Å². The molecule has 2 N–H and O–H groups in total. The van der Waals surface area contributed by atoms with Gasteiger partial charge in [-0.3, -0.25) is 9.67 Å². The third kappa shape index (κ3) is 8.86. The summed E-state index contributed by atoms with van der Waals surface area (Å²) in [6.07, 6.45) is 8.50. The van der Waals surface area contributed by atoms with Crippen molar-refractivity contribution in [2.24, 2.45) is 10.9 Å². The highest BCUT2D eigenvalue weighted by molar-refractivity contribution is 5.93. The molecule has 1 aliphatic rings. The molecule has 0 unspecified atom stereocenters. The molecule has 1 saturated carbocycles. The second-order valence-corrected chi connectivity index (χ2v) is 7.97. The lowest BCUT2D eigenvalue weighted by molar-refractivity contribution is 0.123. The minimum Gasteiger partial charge on any atom is -0.491 e. The van der Waals surface area contributed by atoms with Gasteiger partial charge >= 0.3 is 0 Å². The van der Waals surface area contributed by atoms with E-state index in [0.717, 1.165) is 69.0 Å². The predicted octanol–water partition coefficient (Wildman–Crippen LogP) is 3.93. The van der Waals surface area contributed by atoms with E-state index >= 15 is 0 Å². The smallest absolute Gasteiger partial charge is 0.195 e. The summed E-state index contributed by atoms with van der Waals surface area (Å²) < 4.78 is 13.4. The van der Waals surface area contributed by atoms with Gasteiger partial charge in [-0.1, -0.05) is 0 Å². The predicted molar refractivity (Wildman–Crippen MR) is 121 cm³/mol. The van der Waals surface area contributed by atoms with Crippen molar-refractivity contribution in [2.75, 3.05) is 31.6 Å². The van der Waals surface area contributed by atoms with Gasteiger partial charge in [0.1, 0.15) is 5.75 Å². The largest absolute Gasteiger partial charge is 0.491 e. The number of guanidine groups is 1. The first-order chi connectivity index (χ1) is 14.7. The highest BCUT2D eigenvalue weighted by Crippen LogP contribution is 2.28. The number of ether oxygens (including phenoxy) is 2. The molecule has 7 nitrogen and oxygen atoms in total. The van der Waals surface area contributed by atoms with E-state index in [-0.39, 0.29) is 6.10 Å². The van der Waals surface area contributed by atoms with E-state index in [4.69, 9.17) is 14.5 Å². The number of aromatic nitrogens is 2. The quantitative estimate of drug-likeness (QED) is 0.296. The third-order valence-electron chi connectivity index (χ3n) is 4.67. The van der Waals surface area contributed by atoms with E-state index in [1.165, 1.54) is 12.8 Å². The fourth-order valence-electron chi connectivity index (χ4n) is 2.94. The fourth-order valence-corrected chi connectivity index (χ4v) is 2.94. The Hall–Kier alpha value is -2.54. The molecule has 1 fully saturated rings. The van der Waals surface area contributed by atoms with Gasteiger partial charge in [0.15, 0.2) is 5.96 Å². The van der Waals surface area contributed by atoms with Gasteiger partial charge in [0, 0.05) is 50.9 Å². The number of hydrogen-bond acceptors (Lipinski definition) is 4. The van der Waals surface area contributed by atoms with Crippen molar-refractivity contribution in [2.45, 2.75) is 52.2 Å². The lowest BCUT2D eigenvalue weighted by Gasteiger charge is -2.14. The van der Waals surface area contributed by atoms with Crippen LogP contribution in [0.5, 0.6) is 5.75 Å². The maximum absolute atomic E-state index is 5.72. The van der Waals surface area contributed by atoms with Gasteiger partial charge in [-0.25, -0.2) is 0 Å². The summed E-state index contributed by atoms with van der Waals surface area (Å²) in [6, 6.07) is 9.91. The molecule has 0 amide bonds. The molecule has 0 aliphatic heterocycles. The van der Waals surface area contributed by atoms with Crippen molar-refractivity contribution in [1.29, 1.82) is 0 Å². The number of aryl methyl sites for hydroxylation is 1. The highest BCUT2D eigenvalue weighted by Gasteiger charge is 2.20. The lowest BCUT2D eigenvalue weighted by Crippen LogP contribution is -2.32. The molecule has 0 saturated heterocycles. The van der Waals surface area contributed by atoms with Gasteiger partial charge in [-0.05, 0) is 75.8 Å². The number of anilines is 1. The molecule has 0 bridgehead atoms. The molecule has 1 aromatic heterocycles. The number of hydrogen-bond donors (Lipinski definition) is 2. The molecular formula is C23H35N5O2. The summed E-state index contributed by atoms with van der Waals surface area (Å²) in [4.78, 5) is 4.73. The van der Waals surface area contributed by atoms with Crippen molar-refractivity contribution in [3.8, 4) is 5.75 Å². The maximum atomic E-state index is 5.72. The fraction of sp³-hybridized carbons (Fsp3) is 0.565. The van der Waals surface area contributed by atoms with Crippen molar-refractivity contribution < 1.29 is 9.47 Å². The second kappa shape index (κ2) is 12.2. The molecule has 0 atom stereocenters. The van der Waals surface area contributed by atoms with Gasteiger partial charge in [-0.15, -0.1) is 0 Å². The van der Waals surface area contributed by atoms with E-state index in [2.05, 4.69) is 15.7 Å². The molecule has 1 aromatic carbocycles. The average molecular weight is 414 g/mol. The maximum Gasteiger partial charge on any atom is 0.195 e. The Morgan fingerprint density at radius 1 is 1.23 bits per heavy atom. The van der Waals surface area contributed by atoms with Gasteiger partial charge in [0.05, 0.1) is 6.10 Å². The monoisotopic (exact) mass is 413 g/mol. The van der Waals surface area contributed by atoms with Crippen LogP contribution in [-0.2, 0) is 11.3 Å². The topological polar surface area (TPSA) is 72.7 Å². The molecule has 7 heteroatoms. The summed E-state index contributed by atoms with van der Waals surface area (Å²) in [5.74, 6) is 2.47. The summed E-state index contributed by atoms with van der Waals surface area (Å²) in [5.41, 5.74) is 0.981. The first-order valence-corrected chi connectivity index (χ1v) is 11.1. The van der Waals surface area contributed by atoms with Crippen LogP contribution in [0.25, 0.3) is 0 Å². The van der Waals surface area contributed by atoms with Crippen molar-refractivity contribution in [1.82, 2.24) is 15.1 Å². The minimum absolute atomic E-state index is 0.166. The van der Waals surface area contributed by atoms with E-state index in [1.807, 2.05) is 55.1 Å². The first-order valence-electron chi connectivity index (χ1n) is 11.1. The number of benzene rings is 1. The number of nitrogens with one attached hydrogen (secondary N) is 2. The van der Waals surface area contributed by atoms with Crippen LogP contribution < -0.4 is 15.4 Å². The Bertz CT molecular complexity index is 739. The molecule has 30 heavy (non-hydrogen) atoms. The molecule has 0 radical (unpaired) electrons. The lowest BCUT2D eigenvalue weighted by atomic mass is 10.3. The summed E-state index contributed by atoms with van der Waals surface area (Å²) >= 11 is 0. The summed E-state index contributed by atoms with van der Waals surface area (Å²) in [7, 11) is 0. The van der Waals surface area contributed by atoms with Crippen molar-refractivity contribution >= 4 is 11.6 Å². The number of rotatable bonds is 13. The Kier molecular flexibility index (Phi) is 9.03. The van der Waals surface area contributed by atoms with Crippen molar-refractivity contribution in [3.05, 3.63) is 42.7 Å². The van der Waals surface area contributed by atoms with E-state index in [0.29, 0.717) is 0 Å². The third-order valence-corrected chi connectivity index (χ3v) is 4.67. The van der Waals surface area contributed by atoms with Gasteiger partial charge in [0.2, 0.25) is 0 Å². The molecule has 1 aliphatic carbocycles. The highest BCUT2D eigenvalue weighted by atomic mass is 16.5. The van der Waals surface area contributed by atoms with Gasteiger partial charge in [-0.2, -0.15) is 5.10 Å². The standard InChI is InChI=1S/C23H35N5O2/c1-19(2)30-22-10-8-21(9-11-22)27-23(24-12-3-15-28-16-4-14-26-28)25-13-5-17-29-18-20-6-7-20/h4,8-11,14,16,19-20H,3,5-7,12-13,15,17-18H2,1-2H3,(H2,24,25,27). The van der Waals surface area contributed by atoms with Crippen LogP contribution in [0.2, 0.25) is 0 Å². The van der Waals surface area contributed by atoms with Crippen LogP contribution >= 0.6 is 0 Å². The normalized spacial score (nSPS) is 14.2. The van der Waals surface area contributed by atoms with E-state index in [1.54, 1.807) is 6.20 Å². The Labute approximate surface area is 179 Å². The Morgan fingerprint density at radius 2 is 2.07 bits per heavy atom. The minimum atomic E-state index is 0.166.